The molecule has 0 fully saturated rings. The van der Waals surface area contributed by atoms with Crippen molar-refractivity contribution in [3.8, 4) is 5.69 Å². The molecule has 19 heavy (non-hydrogen) atoms. The number of hydrogen-bond donors (Lipinski definition) is 0. The SMILES string of the molecule is CCC(=O)c1nnn(-c2ccc(F)c(F)c2)c1CC. The quantitative estimate of drug-likeness (QED) is 0.798. The third kappa shape index (κ3) is 2.38. The summed E-state index contributed by atoms with van der Waals surface area (Å²) in [6.07, 6.45) is 0.844. The van der Waals surface area contributed by atoms with Crippen molar-refractivity contribution >= 4 is 5.78 Å². The van der Waals surface area contributed by atoms with Crippen molar-refractivity contribution in [2.75, 3.05) is 0 Å². The van der Waals surface area contributed by atoms with E-state index < -0.39 is 11.6 Å². The lowest BCUT2D eigenvalue weighted by Crippen LogP contribution is -2.06. The van der Waals surface area contributed by atoms with Crippen molar-refractivity contribution in [1.29, 1.82) is 0 Å². The van der Waals surface area contributed by atoms with Crippen molar-refractivity contribution in [3.05, 3.63) is 41.2 Å². The number of rotatable bonds is 4. The number of halogens is 2. The van der Waals surface area contributed by atoms with Gasteiger partial charge in [-0.15, -0.1) is 5.10 Å². The van der Waals surface area contributed by atoms with Gasteiger partial charge < -0.3 is 0 Å². The number of hydrogen-bond acceptors (Lipinski definition) is 3. The molecule has 0 bridgehead atoms. The topological polar surface area (TPSA) is 47.8 Å². The zero-order chi connectivity index (χ0) is 14.0. The van der Waals surface area contributed by atoms with Crippen LogP contribution in [0, 0.1) is 11.6 Å². The van der Waals surface area contributed by atoms with E-state index in [1.165, 1.54) is 10.7 Å². The van der Waals surface area contributed by atoms with Crippen LogP contribution in [0.1, 0.15) is 36.5 Å². The van der Waals surface area contributed by atoms with Crippen LogP contribution in [-0.4, -0.2) is 20.8 Å². The minimum Gasteiger partial charge on any atom is -0.292 e. The normalized spacial score (nSPS) is 10.7. The Bertz CT molecular complexity index is 622. The first-order valence-corrected chi connectivity index (χ1v) is 6.01. The molecule has 0 aliphatic carbocycles. The summed E-state index contributed by atoms with van der Waals surface area (Å²) in [7, 11) is 0. The molecule has 0 saturated carbocycles. The average Bonchev–Trinajstić information content (AvgIpc) is 2.84. The summed E-state index contributed by atoms with van der Waals surface area (Å²) in [6.45, 7) is 3.58. The highest BCUT2D eigenvalue weighted by molar-refractivity contribution is 5.95. The Balaban J connectivity index is 2.53. The molecule has 4 nitrogen and oxygen atoms in total. The summed E-state index contributed by atoms with van der Waals surface area (Å²) in [4.78, 5) is 11.7. The maximum Gasteiger partial charge on any atom is 0.184 e. The molecule has 2 aromatic rings. The van der Waals surface area contributed by atoms with E-state index in [2.05, 4.69) is 10.3 Å². The van der Waals surface area contributed by atoms with Gasteiger partial charge in [0.1, 0.15) is 0 Å². The maximum absolute atomic E-state index is 13.2. The minimum absolute atomic E-state index is 0.120. The highest BCUT2D eigenvalue weighted by Gasteiger charge is 2.18. The van der Waals surface area contributed by atoms with Crippen LogP contribution in [0.5, 0.6) is 0 Å². The molecule has 0 amide bonds. The Morgan fingerprint density at radius 2 is 2.00 bits per heavy atom. The Hall–Kier alpha value is -2.11. The lowest BCUT2D eigenvalue weighted by molar-refractivity contribution is 0.0982. The standard InChI is InChI=1S/C13H13F2N3O/c1-3-11-13(12(19)4-2)16-17-18(11)8-5-6-9(14)10(15)7-8/h5-7H,3-4H2,1-2H3. The first-order valence-electron chi connectivity index (χ1n) is 6.01. The lowest BCUT2D eigenvalue weighted by atomic mass is 10.1. The fraction of sp³-hybridized carbons (Fsp3) is 0.308. The zero-order valence-corrected chi connectivity index (χ0v) is 10.7. The molecule has 0 aliphatic rings. The average molecular weight is 265 g/mol. The molecule has 0 radical (unpaired) electrons. The van der Waals surface area contributed by atoms with E-state index in [0.29, 0.717) is 24.2 Å². The van der Waals surface area contributed by atoms with Crippen LogP contribution in [-0.2, 0) is 6.42 Å². The summed E-state index contributed by atoms with van der Waals surface area (Å²) in [5.74, 6) is -2.00. The maximum atomic E-state index is 13.2. The molecule has 2 rings (SSSR count). The van der Waals surface area contributed by atoms with Gasteiger partial charge in [0.25, 0.3) is 0 Å². The highest BCUT2D eigenvalue weighted by atomic mass is 19.2. The number of ketones is 1. The monoisotopic (exact) mass is 265 g/mol. The van der Waals surface area contributed by atoms with Gasteiger partial charge in [0.15, 0.2) is 23.1 Å². The van der Waals surface area contributed by atoms with Crippen LogP contribution >= 0.6 is 0 Å². The summed E-state index contributed by atoms with van der Waals surface area (Å²) < 4.78 is 27.5. The largest absolute Gasteiger partial charge is 0.292 e. The Kier molecular flexibility index (Phi) is 3.69. The van der Waals surface area contributed by atoms with Gasteiger partial charge in [-0.2, -0.15) is 0 Å². The van der Waals surface area contributed by atoms with Crippen LogP contribution in [0.3, 0.4) is 0 Å². The number of Topliss-reactive ketones (excluding diaryl/α,β-unsaturated/α-hetero) is 1. The molecule has 100 valence electrons. The second-order valence-electron chi connectivity index (χ2n) is 4.03. The van der Waals surface area contributed by atoms with Gasteiger partial charge in [-0.05, 0) is 18.6 Å². The number of benzene rings is 1. The van der Waals surface area contributed by atoms with Crippen molar-refractivity contribution in [3.63, 3.8) is 0 Å². The summed E-state index contributed by atoms with van der Waals surface area (Å²) in [5.41, 5.74) is 1.23. The van der Waals surface area contributed by atoms with Gasteiger partial charge >= 0.3 is 0 Å². The van der Waals surface area contributed by atoms with E-state index in [1.54, 1.807) is 6.92 Å². The van der Waals surface area contributed by atoms with E-state index in [9.17, 15) is 13.6 Å². The molecule has 0 unspecified atom stereocenters. The first kappa shape index (κ1) is 13.3. The van der Waals surface area contributed by atoms with Crippen molar-refractivity contribution in [1.82, 2.24) is 15.0 Å². The number of nitrogens with zero attached hydrogens (tertiary/aromatic N) is 3. The van der Waals surface area contributed by atoms with Crippen molar-refractivity contribution in [2.45, 2.75) is 26.7 Å². The Labute approximate surface area is 109 Å². The number of carbonyl (C=O) groups is 1. The molecule has 1 aromatic carbocycles. The third-order valence-electron chi connectivity index (χ3n) is 2.83. The van der Waals surface area contributed by atoms with Crippen LogP contribution in [0.25, 0.3) is 5.69 Å². The van der Waals surface area contributed by atoms with Crippen LogP contribution in [0.15, 0.2) is 18.2 Å². The molecule has 1 aromatic heterocycles. The molecule has 0 spiro atoms. The van der Waals surface area contributed by atoms with Crippen LogP contribution in [0.4, 0.5) is 8.78 Å². The predicted octanol–water partition coefficient (Wildman–Crippen LogP) is 2.70. The summed E-state index contributed by atoms with van der Waals surface area (Å²) in [5, 5.41) is 7.69. The summed E-state index contributed by atoms with van der Waals surface area (Å²) in [6, 6.07) is 3.45. The Morgan fingerprint density at radius 1 is 1.26 bits per heavy atom. The minimum atomic E-state index is -0.960. The second kappa shape index (κ2) is 5.26. The van der Waals surface area contributed by atoms with Gasteiger partial charge in [-0.25, -0.2) is 13.5 Å². The van der Waals surface area contributed by atoms with Gasteiger partial charge in [0.2, 0.25) is 0 Å². The molecule has 0 saturated heterocycles. The molecular formula is C13H13F2N3O. The Morgan fingerprint density at radius 3 is 2.58 bits per heavy atom. The van der Waals surface area contributed by atoms with E-state index in [1.807, 2.05) is 6.92 Å². The van der Waals surface area contributed by atoms with E-state index in [4.69, 9.17) is 0 Å². The van der Waals surface area contributed by atoms with Gasteiger partial charge in [-0.3, -0.25) is 4.79 Å². The van der Waals surface area contributed by atoms with Gasteiger partial charge in [0, 0.05) is 12.5 Å². The van der Waals surface area contributed by atoms with E-state index in [-0.39, 0.29) is 11.5 Å². The number of carbonyl (C=O) groups excluding carboxylic acids is 1. The molecular weight excluding hydrogens is 252 g/mol. The zero-order valence-electron chi connectivity index (χ0n) is 10.7. The number of aromatic nitrogens is 3. The highest BCUT2D eigenvalue weighted by Crippen LogP contribution is 2.17. The fourth-order valence-corrected chi connectivity index (χ4v) is 1.83. The van der Waals surface area contributed by atoms with E-state index in [0.717, 1.165) is 12.1 Å². The van der Waals surface area contributed by atoms with Crippen LogP contribution in [0.2, 0.25) is 0 Å². The van der Waals surface area contributed by atoms with Gasteiger partial charge in [-0.1, -0.05) is 19.1 Å². The van der Waals surface area contributed by atoms with Gasteiger partial charge in [0.05, 0.1) is 11.4 Å². The predicted molar refractivity (Wildman–Crippen MR) is 65.3 cm³/mol. The fourth-order valence-electron chi connectivity index (χ4n) is 1.83. The molecule has 1 heterocycles. The molecule has 0 atom stereocenters. The molecule has 6 heteroatoms. The van der Waals surface area contributed by atoms with Crippen LogP contribution < -0.4 is 0 Å². The van der Waals surface area contributed by atoms with Crippen molar-refractivity contribution < 1.29 is 13.6 Å². The van der Waals surface area contributed by atoms with E-state index >= 15 is 0 Å². The molecule has 0 N–H and O–H groups in total. The van der Waals surface area contributed by atoms with Crippen molar-refractivity contribution in [2.24, 2.45) is 0 Å². The smallest absolute Gasteiger partial charge is 0.184 e. The second-order valence-corrected chi connectivity index (χ2v) is 4.03. The summed E-state index contributed by atoms with van der Waals surface area (Å²) >= 11 is 0. The first-order chi connectivity index (χ1) is 9.08. The molecule has 0 aliphatic heterocycles. The third-order valence-corrected chi connectivity index (χ3v) is 2.83. The lowest BCUT2D eigenvalue weighted by Gasteiger charge is -2.05.